The predicted octanol–water partition coefficient (Wildman–Crippen LogP) is 1.20. The summed E-state index contributed by atoms with van der Waals surface area (Å²) in [7, 11) is 0. The molecule has 0 atom stereocenters. The lowest BCUT2D eigenvalue weighted by molar-refractivity contribution is -0.159. The summed E-state index contributed by atoms with van der Waals surface area (Å²) in [6.07, 6.45) is 4.84. The number of benzene rings is 1. The third-order valence-electron chi connectivity index (χ3n) is 4.85. The highest BCUT2D eigenvalue weighted by Gasteiger charge is 2.22. The Morgan fingerprint density at radius 1 is 0.939 bits per heavy atom. The van der Waals surface area contributed by atoms with Crippen molar-refractivity contribution in [3.8, 4) is 11.5 Å². The summed E-state index contributed by atoms with van der Waals surface area (Å²) >= 11 is 0. The molecule has 2 aliphatic rings. The van der Waals surface area contributed by atoms with Crippen LogP contribution >= 0.6 is 0 Å². The molecule has 0 saturated carbocycles. The van der Waals surface area contributed by atoms with Crippen molar-refractivity contribution in [3.05, 3.63) is 54.0 Å². The van der Waals surface area contributed by atoms with Crippen molar-refractivity contribution >= 4 is 29.7 Å². The number of amides is 1. The molecule has 1 saturated heterocycles. The number of hydrogen-bond donors (Lipinski definition) is 2. The molecule has 0 aliphatic carbocycles. The number of nitrogens with zero attached hydrogens (tertiary/aromatic N) is 2. The van der Waals surface area contributed by atoms with Crippen LogP contribution in [0.4, 0.5) is 0 Å². The standard InChI is InChI=1S/C20H20N2O5.C2H2O4/c23-16(17-2-1-11-25-17)13-21-7-9-22(10-8-21)20(24)6-4-15-3-5-18-19(12-15)27-14-26-18;3-1(4)2(5)6/h1-6,11-12H,7-10,13-14H2;(H,3,4)(H,5,6)/b6-4+;. The maximum atomic E-state index is 12.4. The number of furan rings is 1. The van der Waals surface area contributed by atoms with Crippen molar-refractivity contribution in [1.82, 2.24) is 9.80 Å². The van der Waals surface area contributed by atoms with E-state index in [1.807, 2.05) is 23.1 Å². The molecule has 2 aromatic rings. The van der Waals surface area contributed by atoms with Crippen LogP contribution < -0.4 is 9.47 Å². The van der Waals surface area contributed by atoms with Gasteiger partial charge in [-0.05, 0) is 35.9 Å². The molecule has 3 heterocycles. The minimum Gasteiger partial charge on any atom is -0.473 e. The smallest absolute Gasteiger partial charge is 0.414 e. The van der Waals surface area contributed by atoms with E-state index in [-0.39, 0.29) is 18.5 Å². The summed E-state index contributed by atoms with van der Waals surface area (Å²) in [4.78, 5) is 46.5. The summed E-state index contributed by atoms with van der Waals surface area (Å²) in [5.41, 5.74) is 0.885. The Balaban J connectivity index is 0.000000454. The lowest BCUT2D eigenvalue weighted by Gasteiger charge is -2.33. The molecule has 1 amide bonds. The average Bonchev–Trinajstić information content (AvgIpc) is 3.50. The van der Waals surface area contributed by atoms with Gasteiger partial charge in [0.15, 0.2) is 17.3 Å². The summed E-state index contributed by atoms with van der Waals surface area (Å²) in [6, 6.07) is 8.94. The second-order valence-electron chi connectivity index (χ2n) is 7.06. The first-order valence-corrected chi connectivity index (χ1v) is 9.95. The van der Waals surface area contributed by atoms with E-state index in [9.17, 15) is 9.59 Å². The van der Waals surface area contributed by atoms with Gasteiger partial charge in [-0.15, -0.1) is 0 Å². The van der Waals surface area contributed by atoms with E-state index >= 15 is 0 Å². The molecule has 1 aromatic carbocycles. The molecule has 0 spiro atoms. The van der Waals surface area contributed by atoms with Gasteiger partial charge in [-0.2, -0.15) is 0 Å². The Morgan fingerprint density at radius 3 is 2.27 bits per heavy atom. The van der Waals surface area contributed by atoms with E-state index in [2.05, 4.69) is 0 Å². The monoisotopic (exact) mass is 458 g/mol. The highest BCUT2D eigenvalue weighted by Crippen LogP contribution is 2.32. The zero-order chi connectivity index (χ0) is 23.8. The Morgan fingerprint density at radius 2 is 1.64 bits per heavy atom. The SMILES string of the molecule is O=C(CN1CCN(C(=O)/C=C/c2ccc3c(c2)OCO3)CC1)c1ccco1.O=C(O)C(=O)O. The molecule has 11 nitrogen and oxygen atoms in total. The van der Waals surface area contributed by atoms with Crippen molar-refractivity contribution in [2.75, 3.05) is 39.5 Å². The molecule has 2 N–H and O–H groups in total. The third-order valence-corrected chi connectivity index (χ3v) is 4.85. The quantitative estimate of drug-likeness (QED) is 0.381. The molecule has 33 heavy (non-hydrogen) atoms. The molecule has 174 valence electrons. The highest BCUT2D eigenvalue weighted by molar-refractivity contribution is 6.27. The number of aliphatic carboxylic acids is 2. The second kappa shape index (κ2) is 11.0. The van der Waals surface area contributed by atoms with Crippen LogP contribution in [-0.4, -0.2) is 83.2 Å². The minimum atomic E-state index is -1.82. The van der Waals surface area contributed by atoms with Gasteiger partial charge < -0.3 is 29.0 Å². The Kier molecular flexibility index (Phi) is 7.82. The zero-order valence-corrected chi connectivity index (χ0v) is 17.5. The molecule has 1 fully saturated rings. The van der Waals surface area contributed by atoms with E-state index in [1.165, 1.54) is 6.26 Å². The summed E-state index contributed by atoms with van der Waals surface area (Å²) in [5.74, 6) is -1.93. The number of carboxylic acids is 2. The van der Waals surface area contributed by atoms with Gasteiger partial charge in [0, 0.05) is 32.3 Å². The minimum absolute atomic E-state index is 0.0373. The average molecular weight is 458 g/mol. The topological polar surface area (TPSA) is 147 Å². The Labute approximate surface area is 188 Å². The molecule has 11 heteroatoms. The number of rotatable bonds is 5. The van der Waals surface area contributed by atoms with Gasteiger partial charge in [0.1, 0.15) is 0 Å². The van der Waals surface area contributed by atoms with Crippen LogP contribution in [0.3, 0.4) is 0 Å². The number of fused-ring (bicyclic) bond motifs is 1. The molecule has 4 rings (SSSR count). The largest absolute Gasteiger partial charge is 0.473 e. The Hall–Kier alpha value is -4.12. The van der Waals surface area contributed by atoms with Crippen LogP contribution in [0, 0.1) is 0 Å². The van der Waals surface area contributed by atoms with E-state index in [0.717, 1.165) is 11.3 Å². The first-order chi connectivity index (χ1) is 15.8. The normalized spacial score (nSPS) is 15.1. The number of carbonyl (C=O) groups excluding carboxylic acids is 2. The summed E-state index contributed by atoms with van der Waals surface area (Å²) in [6.45, 7) is 3.05. The maximum Gasteiger partial charge on any atom is 0.414 e. The van der Waals surface area contributed by atoms with Crippen LogP contribution in [0.2, 0.25) is 0 Å². The number of carboxylic acid groups (broad SMARTS) is 2. The zero-order valence-electron chi connectivity index (χ0n) is 17.5. The van der Waals surface area contributed by atoms with E-state index in [0.29, 0.717) is 44.2 Å². The van der Waals surface area contributed by atoms with Gasteiger partial charge in [-0.1, -0.05) is 6.07 Å². The van der Waals surface area contributed by atoms with Gasteiger partial charge in [0.05, 0.1) is 12.8 Å². The highest BCUT2D eigenvalue weighted by atomic mass is 16.7. The third kappa shape index (κ3) is 6.68. The number of ether oxygens (including phenoxy) is 2. The van der Waals surface area contributed by atoms with Crippen molar-refractivity contribution < 1.29 is 43.3 Å². The molecular formula is C22H22N2O9. The fourth-order valence-electron chi connectivity index (χ4n) is 3.13. The number of Topliss-reactive ketones (excluding diaryl/α,β-unsaturated/α-hetero) is 1. The number of carbonyl (C=O) groups is 4. The number of ketones is 1. The van der Waals surface area contributed by atoms with Gasteiger partial charge in [0.25, 0.3) is 0 Å². The number of hydrogen-bond acceptors (Lipinski definition) is 8. The lowest BCUT2D eigenvalue weighted by Crippen LogP contribution is -2.49. The summed E-state index contributed by atoms with van der Waals surface area (Å²) < 4.78 is 15.8. The molecule has 0 unspecified atom stereocenters. The lowest BCUT2D eigenvalue weighted by atomic mass is 10.2. The molecule has 0 radical (unpaired) electrons. The van der Waals surface area contributed by atoms with Gasteiger partial charge in [0.2, 0.25) is 18.5 Å². The van der Waals surface area contributed by atoms with Crippen LogP contribution in [0.1, 0.15) is 16.1 Å². The van der Waals surface area contributed by atoms with Crippen LogP contribution in [0.25, 0.3) is 6.08 Å². The van der Waals surface area contributed by atoms with Crippen molar-refractivity contribution in [1.29, 1.82) is 0 Å². The van der Waals surface area contributed by atoms with Gasteiger partial charge in [-0.25, -0.2) is 9.59 Å². The molecule has 0 bridgehead atoms. The van der Waals surface area contributed by atoms with Crippen molar-refractivity contribution in [3.63, 3.8) is 0 Å². The first kappa shape index (κ1) is 23.5. The van der Waals surface area contributed by atoms with E-state index in [4.69, 9.17) is 33.7 Å². The molecule has 1 aromatic heterocycles. The van der Waals surface area contributed by atoms with Crippen molar-refractivity contribution in [2.24, 2.45) is 0 Å². The maximum absolute atomic E-state index is 12.4. The molecular weight excluding hydrogens is 436 g/mol. The van der Waals surface area contributed by atoms with Crippen LogP contribution in [0.15, 0.2) is 47.1 Å². The Bertz CT molecular complexity index is 1030. The van der Waals surface area contributed by atoms with Crippen LogP contribution in [-0.2, 0) is 14.4 Å². The van der Waals surface area contributed by atoms with Gasteiger partial charge in [-0.3, -0.25) is 14.5 Å². The fourth-order valence-corrected chi connectivity index (χ4v) is 3.13. The van der Waals surface area contributed by atoms with E-state index < -0.39 is 11.9 Å². The van der Waals surface area contributed by atoms with Gasteiger partial charge >= 0.3 is 11.9 Å². The fraction of sp³-hybridized carbons (Fsp3) is 0.273. The summed E-state index contributed by atoms with van der Waals surface area (Å²) in [5, 5.41) is 14.8. The van der Waals surface area contributed by atoms with E-state index in [1.54, 1.807) is 29.2 Å². The first-order valence-electron chi connectivity index (χ1n) is 9.95. The second-order valence-corrected chi connectivity index (χ2v) is 7.06. The van der Waals surface area contributed by atoms with Crippen molar-refractivity contribution in [2.45, 2.75) is 0 Å². The molecule has 2 aliphatic heterocycles. The predicted molar refractivity (Wildman–Crippen MR) is 113 cm³/mol. The van der Waals surface area contributed by atoms with Crippen LogP contribution in [0.5, 0.6) is 11.5 Å². The number of piperazine rings is 1.